The van der Waals surface area contributed by atoms with Gasteiger partial charge in [-0.15, -0.1) is 0 Å². The molecule has 0 aliphatic carbocycles. The van der Waals surface area contributed by atoms with Gasteiger partial charge in [-0.1, -0.05) is 0 Å². The number of aliphatic hydroxyl groups is 1. The van der Waals surface area contributed by atoms with Gasteiger partial charge in [-0.25, -0.2) is 0 Å². The molecule has 0 aliphatic rings. The Balaban J connectivity index is 2.36. The lowest BCUT2D eigenvalue weighted by Crippen LogP contribution is -2.30. The highest BCUT2D eigenvalue weighted by Crippen LogP contribution is 2.16. The molecule has 0 unspecified atom stereocenters. The molecule has 0 aromatic heterocycles. The van der Waals surface area contributed by atoms with Gasteiger partial charge in [0.15, 0.2) is 0 Å². The molecule has 0 bridgehead atoms. The highest BCUT2D eigenvalue weighted by Gasteiger charge is 2.06. The van der Waals surface area contributed by atoms with Crippen molar-refractivity contribution in [2.75, 3.05) is 34.4 Å². The molecule has 0 heterocycles. The van der Waals surface area contributed by atoms with Crippen LogP contribution in [0.4, 0.5) is 0 Å². The minimum Gasteiger partial charge on any atom is -0.497 e. The van der Waals surface area contributed by atoms with Crippen LogP contribution in [0.5, 0.6) is 11.5 Å². The molecule has 0 aliphatic heterocycles. The van der Waals surface area contributed by atoms with Crippen molar-refractivity contribution >= 4 is 0 Å². The molecular formula is C12H19NO3. The lowest BCUT2D eigenvalue weighted by Gasteiger charge is -2.16. The molecule has 1 aromatic rings. The largest absolute Gasteiger partial charge is 0.497 e. The lowest BCUT2D eigenvalue weighted by atomic mass is 10.3. The molecule has 0 saturated carbocycles. The third-order valence-corrected chi connectivity index (χ3v) is 2.08. The van der Waals surface area contributed by atoms with E-state index in [1.54, 1.807) is 7.11 Å². The summed E-state index contributed by atoms with van der Waals surface area (Å²) < 4.78 is 10.5. The molecule has 1 atom stereocenters. The van der Waals surface area contributed by atoms with Crippen LogP contribution in [0.25, 0.3) is 0 Å². The van der Waals surface area contributed by atoms with Crippen molar-refractivity contribution in [2.45, 2.75) is 6.10 Å². The standard InChI is InChI=1S/C12H19NO3/c1-13(2)8-10(14)9-16-12-6-4-11(15-3)5-7-12/h4-7,10,14H,8-9H2,1-3H3/t10-/m0/s1. The molecule has 0 amide bonds. The van der Waals surface area contributed by atoms with E-state index >= 15 is 0 Å². The van der Waals surface area contributed by atoms with E-state index in [9.17, 15) is 5.11 Å². The van der Waals surface area contributed by atoms with Crippen molar-refractivity contribution in [2.24, 2.45) is 0 Å². The second-order valence-corrected chi connectivity index (χ2v) is 3.90. The molecule has 4 nitrogen and oxygen atoms in total. The van der Waals surface area contributed by atoms with E-state index in [4.69, 9.17) is 9.47 Å². The summed E-state index contributed by atoms with van der Waals surface area (Å²) in [5.41, 5.74) is 0. The van der Waals surface area contributed by atoms with E-state index in [1.807, 2.05) is 43.3 Å². The minimum atomic E-state index is -0.475. The van der Waals surface area contributed by atoms with Crippen LogP contribution < -0.4 is 9.47 Å². The molecule has 0 saturated heterocycles. The van der Waals surface area contributed by atoms with Crippen molar-refractivity contribution in [3.05, 3.63) is 24.3 Å². The number of benzene rings is 1. The van der Waals surface area contributed by atoms with Gasteiger partial charge in [-0.05, 0) is 38.4 Å². The monoisotopic (exact) mass is 225 g/mol. The molecule has 1 rings (SSSR count). The van der Waals surface area contributed by atoms with Gasteiger partial charge in [0.05, 0.1) is 7.11 Å². The fourth-order valence-electron chi connectivity index (χ4n) is 1.34. The summed E-state index contributed by atoms with van der Waals surface area (Å²) in [7, 11) is 5.45. The first-order valence-electron chi connectivity index (χ1n) is 5.21. The lowest BCUT2D eigenvalue weighted by molar-refractivity contribution is 0.0831. The molecule has 1 N–H and O–H groups in total. The van der Waals surface area contributed by atoms with Crippen LogP contribution in [-0.2, 0) is 0 Å². The number of hydrogen-bond acceptors (Lipinski definition) is 4. The first kappa shape index (κ1) is 12.8. The molecular weight excluding hydrogens is 206 g/mol. The number of likely N-dealkylation sites (N-methyl/N-ethyl adjacent to an activating group) is 1. The van der Waals surface area contributed by atoms with Crippen molar-refractivity contribution in [3.63, 3.8) is 0 Å². The van der Waals surface area contributed by atoms with E-state index in [0.717, 1.165) is 11.5 Å². The highest BCUT2D eigenvalue weighted by molar-refractivity contribution is 5.31. The summed E-state index contributed by atoms with van der Waals surface area (Å²) >= 11 is 0. The number of nitrogens with zero attached hydrogens (tertiary/aromatic N) is 1. The Morgan fingerprint density at radius 2 is 1.75 bits per heavy atom. The zero-order chi connectivity index (χ0) is 12.0. The van der Waals surface area contributed by atoms with Crippen LogP contribution in [0, 0.1) is 0 Å². The van der Waals surface area contributed by atoms with Gasteiger partial charge in [0.1, 0.15) is 24.2 Å². The third kappa shape index (κ3) is 4.51. The van der Waals surface area contributed by atoms with E-state index in [1.165, 1.54) is 0 Å². The van der Waals surface area contributed by atoms with Crippen molar-refractivity contribution < 1.29 is 14.6 Å². The molecule has 0 spiro atoms. The maximum Gasteiger partial charge on any atom is 0.119 e. The SMILES string of the molecule is COc1ccc(OC[C@@H](O)CN(C)C)cc1. The zero-order valence-corrected chi connectivity index (χ0v) is 10.0. The smallest absolute Gasteiger partial charge is 0.119 e. The number of rotatable bonds is 6. The fourth-order valence-corrected chi connectivity index (χ4v) is 1.34. The predicted molar refractivity (Wildman–Crippen MR) is 63.0 cm³/mol. The second kappa shape index (κ2) is 6.35. The summed E-state index contributed by atoms with van der Waals surface area (Å²) in [4.78, 5) is 1.92. The van der Waals surface area contributed by atoms with E-state index in [0.29, 0.717) is 13.2 Å². The molecule has 90 valence electrons. The van der Waals surface area contributed by atoms with Gasteiger partial charge in [0, 0.05) is 6.54 Å². The van der Waals surface area contributed by atoms with E-state index in [2.05, 4.69) is 0 Å². The first-order valence-corrected chi connectivity index (χ1v) is 5.21. The van der Waals surface area contributed by atoms with Crippen LogP contribution >= 0.6 is 0 Å². The van der Waals surface area contributed by atoms with Crippen molar-refractivity contribution in [1.29, 1.82) is 0 Å². The van der Waals surface area contributed by atoms with Gasteiger partial charge >= 0.3 is 0 Å². The predicted octanol–water partition coefficient (Wildman–Crippen LogP) is 0.996. The summed E-state index contributed by atoms with van der Waals surface area (Å²) in [5, 5.41) is 9.59. The van der Waals surface area contributed by atoms with Crippen LogP contribution in [0.1, 0.15) is 0 Å². The molecule has 0 radical (unpaired) electrons. The van der Waals surface area contributed by atoms with E-state index < -0.39 is 6.10 Å². The number of ether oxygens (including phenoxy) is 2. The summed E-state index contributed by atoms with van der Waals surface area (Å²) in [5.74, 6) is 1.53. The molecule has 0 fully saturated rings. The number of methoxy groups -OCH3 is 1. The normalized spacial score (nSPS) is 12.6. The maximum atomic E-state index is 9.59. The minimum absolute atomic E-state index is 0.296. The Morgan fingerprint density at radius 1 is 1.19 bits per heavy atom. The van der Waals surface area contributed by atoms with E-state index in [-0.39, 0.29) is 0 Å². The Hall–Kier alpha value is -1.26. The molecule has 16 heavy (non-hydrogen) atoms. The maximum absolute atomic E-state index is 9.59. The summed E-state index contributed by atoms with van der Waals surface area (Å²) in [6.07, 6.45) is -0.475. The van der Waals surface area contributed by atoms with Gasteiger partial charge in [-0.3, -0.25) is 0 Å². The Kier molecular flexibility index (Phi) is 5.08. The van der Waals surface area contributed by atoms with Gasteiger partial charge in [0.2, 0.25) is 0 Å². The fraction of sp³-hybridized carbons (Fsp3) is 0.500. The van der Waals surface area contributed by atoms with Crippen LogP contribution in [0.15, 0.2) is 24.3 Å². The average molecular weight is 225 g/mol. The van der Waals surface area contributed by atoms with Crippen LogP contribution in [-0.4, -0.2) is 50.5 Å². The molecule has 4 heteroatoms. The summed E-state index contributed by atoms with van der Waals surface area (Å²) in [6.45, 7) is 0.890. The number of hydrogen-bond donors (Lipinski definition) is 1. The Bertz CT molecular complexity index is 298. The summed E-state index contributed by atoms with van der Waals surface area (Å²) in [6, 6.07) is 7.30. The first-order chi connectivity index (χ1) is 7.61. The molecule has 1 aromatic carbocycles. The average Bonchev–Trinajstić information content (AvgIpc) is 2.26. The Morgan fingerprint density at radius 3 is 2.25 bits per heavy atom. The van der Waals surface area contributed by atoms with Crippen LogP contribution in [0.2, 0.25) is 0 Å². The van der Waals surface area contributed by atoms with Gasteiger partial charge in [0.25, 0.3) is 0 Å². The highest BCUT2D eigenvalue weighted by atomic mass is 16.5. The van der Waals surface area contributed by atoms with Crippen molar-refractivity contribution in [1.82, 2.24) is 4.90 Å². The van der Waals surface area contributed by atoms with Gasteiger partial charge in [-0.2, -0.15) is 0 Å². The zero-order valence-electron chi connectivity index (χ0n) is 10.0. The second-order valence-electron chi connectivity index (χ2n) is 3.90. The van der Waals surface area contributed by atoms with Crippen LogP contribution in [0.3, 0.4) is 0 Å². The quantitative estimate of drug-likeness (QED) is 0.784. The van der Waals surface area contributed by atoms with Crippen molar-refractivity contribution in [3.8, 4) is 11.5 Å². The van der Waals surface area contributed by atoms with Gasteiger partial charge < -0.3 is 19.5 Å². The number of aliphatic hydroxyl groups excluding tert-OH is 1. The topological polar surface area (TPSA) is 41.9 Å². The third-order valence-electron chi connectivity index (χ3n) is 2.08. The Labute approximate surface area is 96.4 Å².